The molecule has 0 fully saturated rings. The lowest BCUT2D eigenvalue weighted by Crippen LogP contribution is -2.28. The second-order valence-corrected chi connectivity index (χ2v) is 6.89. The van der Waals surface area contributed by atoms with Crippen LogP contribution in [0.1, 0.15) is 44.6 Å². The molecule has 0 amide bonds. The Hall–Kier alpha value is -0.670. The van der Waals surface area contributed by atoms with Crippen LogP contribution < -0.4 is 10.5 Å². The largest absolute Gasteiger partial charge is 0.493 e. The fourth-order valence-electron chi connectivity index (χ4n) is 2.50. The van der Waals surface area contributed by atoms with E-state index < -0.39 is 0 Å². The van der Waals surface area contributed by atoms with Crippen molar-refractivity contribution in [2.75, 3.05) is 12.4 Å². The minimum atomic E-state index is 0.287. The van der Waals surface area contributed by atoms with Gasteiger partial charge in [-0.1, -0.05) is 32.0 Å². The molecule has 0 aliphatic carbocycles. The molecule has 0 radical (unpaired) electrons. The first-order chi connectivity index (χ1) is 9.20. The van der Waals surface area contributed by atoms with Crippen molar-refractivity contribution in [3.05, 3.63) is 29.8 Å². The predicted molar refractivity (Wildman–Crippen MR) is 84.1 cm³/mol. The third-order valence-electron chi connectivity index (χ3n) is 3.84. The summed E-state index contributed by atoms with van der Waals surface area (Å²) in [5.41, 5.74) is 7.65. The number of hydrogen-bond acceptors (Lipinski definition) is 3. The number of nitrogens with two attached hydrogens (primary N) is 1. The molecule has 1 aromatic carbocycles. The highest BCUT2D eigenvalue weighted by Crippen LogP contribution is 2.36. The van der Waals surface area contributed by atoms with E-state index in [9.17, 15) is 0 Å². The molecule has 19 heavy (non-hydrogen) atoms. The molecule has 0 aromatic heterocycles. The third kappa shape index (κ3) is 4.15. The van der Waals surface area contributed by atoms with E-state index in [0.29, 0.717) is 11.2 Å². The molecule has 2 rings (SSSR count). The van der Waals surface area contributed by atoms with Crippen molar-refractivity contribution in [3.8, 4) is 5.75 Å². The molecule has 0 saturated carbocycles. The highest BCUT2D eigenvalue weighted by atomic mass is 32.2. The molecule has 1 aliphatic heterocycles. The SMILES string of the molecule is CCC(C)SCC(N)CC1CCOc2ccccc21. The van der Waals surface area contributed by atoms with E-state index in [0.717, 1.165) is 31.0 Å². The van der Waals surface area contributed by atoms with E-state index in [1.54, 1.807) is 0 Å². The quantitative estimate of drug-likeness (QED) is 0.860. The topological polar surface area (TPSA) is 35.2 Å². The zero-order valence-corrected chi connectivity index (χ0v) is 12.8. The fourth-order valence-corrected chi connectivity index (χ4v) is 3.45. The van der Waals surface area contributed by atoms with Gasteiger partial charge in [-0.05, 0) is 36.8 Å². The lowest BCUT2D eigenvalue weighted by molar-refractivity contribution is 0.260. The molecule has 2 N–H and O–H groups in total. The summed E-state index contributed by atoms with van der Waals surface area (Å²) in [4.78, 5) is 0. The summed E-state index contributed by atoms with van der Waals surface area (Å²) in [6.45, 7) is 5.34. The zero-order chi connectivity index (χ0) is 13.7. The molecule has 0 bridgehead atoms. The van der Waals surface area contributed by atoms with Crippen LogP contribution in [0, 0.1) is 0 Å². The van der Waals surface area contributed by atoms with Crippen molar-refractivity contribution >= 4 is 11.8 Å². The van der Waals surface area contributed by atoms with Crippen molar-refractivity contribution in [3.63, 3.8) is 0 Å². The first-order valence-corrected chi connectivity index (χ1v) is 8.34. The second kappa shape index (κ2) is 7.20. The molecule has 0 spiro atoms. The van der Waals surface area contributed by atoms with Crippen molar-refractivity contribution in [1.82, 2.24) is 0 Å². The minimum absolute atomic E-state index is 0.287. The third-order valence-corrected chi connectivity index (χ3v) is 5.36. The van der Waals surface area contributed by atoms with Gasteiger partial charge in [-0.3, -0.25) is 0 Å². The van der Waals surface area contributed by atoms with Crippen LogP contribution in [-0.4, -0.2) is 23.7 Å². The van der Waals surface area contributed by atoms with Gasteiger partial charge in [0.1, 0.15) is 5.75 Å². The van der Waals surface area contributed by atoms with E-state index >= 15 is 0 Å². The van der Waals surface area contributed by atoms with E-state index in [-0.39, 0.29) is 6.04 Å². The molecule has 1 aliphatic rings. The number of para-hydroxylation sites is 1. The molecular formula is C16H25NOS. The Kier molecular flexibility index (Phi) is 5.59. The summed E-state index contributed by atoms with van der Waals surface area (Å²) in [7, 11) is 0. The van der Waals surface area contributed by atoms with Crippen molar-refractivity contribution in [2.24, 2.45) is 5.73 Å². The molecule has 106 valence electrons. The van der Waals surface area contributed by atoms with Crippen LogP contribution in [0.5, 0.6) is 5.75 Å². The standard InChI is InChI=1S/C16H25NOS/c1-3-12(2)19-11-14(17)10-13-8-9-18-16-7-5-4-6-15(13)16/h4-7,12-14H,3,8-11,17H2,1-2H3. The fraction of sp³-hybridized carbons (Fsp3) is 0.625. The molecule has 3 atom stereocenters. The Morgan fingerprint density at radius 1 is 1.42 bits per heavy atom. The van der Waals surface area contributed by atoms with Gasteiger partial charge in [-0.15, -0.1) is 0 Å². The zero-order valence-electron chi connectivity index (χ0n) is 12.0. The maximum absolute atomic E-state index is 6.30. The number of benzene rings is 1. The Morgan fingerprint density at radius 2 is 2.21 bits per heavy atom. The minimum Gasteiger partial charge on any atom is -0.493 e. The van der Waals surface area contributed by atoms with Crippen molar-refractivity contribution in [1.29, 1.82) is 0 Å². The summed E-state index contributed by atoms with van der Waals surface area (Å²) in [5.74, 6) is 2.69. The van der Waals surface area contributed by atoms with Crippen LogP contribution in [0.15, 0.2) is 24.3 Å². The lowest BCUT2D eigenvalue weighted by Gasteiger charge is -2.28. The van der Waals surface area contributed by atoms with E-state index in [2.05, 4.69) is 32.0 Å². The summed E-state index contributed by atoms with van der Waals surface area (Å²) < 4.78 is 5.70. The lowest BCUT2D eigenvalue weighted by atomic mass is 9.88. The molecule has 3 unspecified atom stereocenters. The Bertz CT molecular complexity index is 396. The van der Waals surface area contributed by atoms with E-state index in [1.807, 2.05) is 17.8 Å². The van der Waals surface area contributed by atoms with Crippen LogP contribution in [0.2, 0.25) is 0 Å². The molecule has 1 aromatic rings. The normalized spacial score (nSPS) is 21.3. The first-order valence-electron chi connectivity index (χ1n) is 7.29. The van der Waals surface area contributed by atoms with Gasteiger partial charge in [0.2, 0.25) is 0 Å². The monoisotopic (exact) mass is 279 g/mol. The summed E-state index contributed by atoms with van der Waals surface area (Å²) >= 11 is 2.00. The Morgan fingerprint density at radius 3 is 3.00 bits per heavy atom. The van der Waals surface area contributed by atoms with Gasteiger partial charge in [0.15, 0.2) is 0 Å². The maximum Gasteiger partial charge on any atom is 0.122 e. The van der Waals surface area contributed by atoms with Crippen LogP contribution in [0.3, 0.4) is 0 Å². The van der Waals surface area contributed by atoms with Crippen LogP contribution in [0.25, 0.3) is 0 Å². The number of thioether (sulfide) groups is 1. The maximum atomic E-state index is 6.30. The highest BCUT2D eigenvalue weighted by molar-refractivity contribution is 7.99. The second-order valence-electron chi connectivity index (χ2n) is 5.42. The van der Waals surface area contributed by atoms with Crippen LogP contribution in [0.4, 0.5) is 0 Å². The number of fused-ring (bicyclic) bond motifs is 1. The van der Waals surface area contributed by atoms with Crippen LogP contribution >= 0.6 is 11.8 Å². The Balaban J connectivity index is 1.89. The number of ether oxygens (including phenoxy) is 1. The highest BCUT2D eigenvalue weighted by Gasteiger charge is 2.23. The van der Waals surface area contributed by atoms with Gasteiger partial charge >= 0.3 is 0 Å². The Labute approximate surface area is 121 Å². The van der Waals surface area contributed by atoms with E-state index in [4.69, 9.17) is 10.5 Å². The van der Waals surface area contributed by atoms with E-state index in [1.165, 1.54) is 12.0 Å². The van der Waals surface area contributed by atoms with Crippen LogP contribution in [-0.2, 0) is 0 Å². The molecule has 0 saturated heterocycles. The van der Waals surface area contributed by atoms with Crippen molar-refractivity contribution in [2.45, 2.75) is 50.3 Å². The summed E-state index contributed by atoms with van der Waals surface area (Å²) in [6, 6.07) is 8.68. The molecule has 1 heterocycles. The average molecular weight is 279 g/mol. The van der Waals surface area contributed by atoms with Gasteiger partial charge < -0.3 is 10.5 Å². The summed E-state index contributed by atoms with van der Waals surface area (Å²) in [5, 5.41) is 0.716. The molecule has 2 nitrogen and oxygen atoms in total. The van der Waals surface area contributed by atoms with Gasteiger partial charge in [-0.2, -0.15) is 11.8 Å². The average Bonchev–Trinajstić information content (AvgIpc) is 2.45. The molecular weight excluding hydrogens is 254 g/mol. The first kappa shape index (κ1) is 14.7. The van der Waals surface area contributed by atoms with Gasteiger partial charge in [-0.25, -0.2) is 0 Å². The molecule has 3 heteroatoms. The predicted octanol–water partition coefficient (Wildman–Crippen LogP) is 3.80. The van der Waals surface area contributed by atoms with Gasteiger partial charge in [0.05, 0.1) is 6.61 Å². The summed E-state index contributed by atoms with van der Waals surface area (Å²) in [6.07, 6.45) is 3.39. The van der Waals surface area contributed by atoms with Gasteiger partial charge in [0.25, 0.3) is 0 Å². The van der Waals surface area contributed by atoms with Crippen molar-refractivity contribution < 1.29 is 4.74 Å². The number of rotatable bonds is 6. The number of hydrogen-bond donors (Lipinski definition) is 1. The van der Waals surface area contributed by atoms with Gasteiger partial charge in [0, 0.05) is 17.0 Å². The smallest absolute Gasteiger partial charge is 0.122 e.